The molecule has 22 heavy (non-hydrogen) atoms. The van der Waals surface area contributed by atoms with Crippen LogP contribution < -0.4 is 0 Å². The molecule has 0 heterocycles. The molecular weight excluding hydrogens is 320 g/mol. The van der Waals surface area contributed by atoms with Crippen molar-refractivity contribution in [2.75, 3.05) is 32.7 Å². The van der Waals surface area contributed by atoms with Gasteiger partial charge in [0.2, 0.25) is 8.32 Å². The third-order valence-corrected chi connectivity index (χ3v) is 6.47. The van der Waals surface area contributed by atoms with Crippen LogP contribution in [0.1, 0.15) is 19.8 Å². The number of aliphatic hydroxyl groups is 2. The second-order valence-electron chi connectivity index (χ2n) is 6.75. The minimum absolute atomic E-state index is 0.0541. The van der Waals surface area contributed by atoms with E-state index in [0.29, 0.717) is 26.4 Å². The molecule has 0 radical (unpaired) electrons. The Labute approximate surface area is 136 Å². The van der Waals surface area contributed by atoms with E-state index in [1.807, 2.05) is 20.0 Å². The summed E-state index contributed by atoms with van der Waals surface area (Å²) in [6.07, 6.45) is 1.31. The van der Waals surface area contributed by atoms with Gasteiger partial charge in [0.25, 0.3) is 8.32 Å². The summed E-state index contributed by atoms with van der Waals surface area (Å²) in [5.41, 5.74) is 0. The largest absolute Gasteiger partial charge is 0.397 e. The summed E-state index contributed by atoms with van der Waals surface area (Å²) in [5, 5.41) is 18.8. The van der Waals surface area contributed by atoms with E-state index >= 15 is 0 Å². The molecule has 0 rings (SSSR count). The average Bonchev–Trinajstić information content (AvgIpc) is 2.45. The van der Waals surface area contributed by atoms with Gasteiger partial charge in [0, 0.05) is 13.2 Å². The summed E-state index contributed by atoms with van der Waals surface area (Å²) in [7, 11) is -3.98. The Balaban J connectivity index is 3.68. The summed E-state index contributed by atoms with van der Waals surface area (Å²) in [6.45, 7) is 11.9. The summed E-state index contributed by atoms with van der Waals surface area (Å²) in [4.78, 5) is 0. The second kappa shape index (κ2) is 11.7. The first-order valence-electron chi connectivity index (χ1n) is 8.03. The fraction of sp³-hybridized carbons (Fsp3) is 1.00. The Morgan fingerprint density at radius 1 is 0.909 bits per heavy atom. The van der Waals surface area contributed by atoms with Crippen molar-refractivity contribution in [2.45, 2.75) is 58.1 Å². The molecule has 1 unspecified atom stereocenters. The van der Waals surface area contributed by atoms with Crippen molar-refractivity contribution in [2.24, 2.45) is 0 Å². The van der Waals surface area contributed by atoms with Crippen LogP contribution in [0.25, 0.3) is 0 Å². The minimum Gasteiger partial charge on any atom is -0.397 e. The van der Waals surface area contributed by atoms with Gasteiger partial charge in [-0.3, -0.25) is 9.15 Å². The van der Waals surface area contributed by atoms with Crippen LogP contribution in [0.4, 0.5) is 0 Å². The van der Waals surface area contributed by atoms with Gasteiger partial charge >= 0.3 is 0 Å². The van der Waals surface area contributed by atoms with Gasteiger partial charge < -0.3 is 19.7 Å². The molecule has 0 saturated heterocycles. The molecule has 8 heteroatoms. The van der Waals surface area contributed by atoms with E-state index in [1.165, 1.54) is 0 Å². The first-order valence-corrected chi connectivity index (χ1v) is 14.3. The number of hydrogen-bond acceptors (Lipinski definition) is 6. The highest BCUT2D eigenvalue weighted by Gasteiger charge is 2.30. The fourth-order valence-corrected chi connectivity index (χ4v) is 4.46. The first-order chi connectivity index (χ1) is 10.2. The molecule has 6 nitrogen and oxygen atoms in total. The van der Waals surface area contributed by atoms with Gasteiger partial charge in [-0.2, -0.15) is 0 Å². The van der Waals surface area contributed by atoms with Crippen LogP contribution in [0.2, 0.25) is 32.2 Å². The van der Waals surface area contributed by atoms with Crippen molar-refractivity contribution in [3.05, 3.63) is 0 Å². The zero-order chi connectivity index (χ0) is 17.1. The lowest BCUT2D eigenvalue weighted by Crippen LogP contribution is -2.41. The molecule has 2 N–H and O–H groups in total. The van der Waals surface area contributed by atoms with Crippen LogP contribution >= 0.6 is 0 Å². The van der Waals surface area contributed by atoms with Gasteiger partial charge in [0.15, 0.2) is 0 Å². The molecule has 0 aliphatic carbocycles. The molecule has 0 amide bonds. The van der Waals surface area contributed by atoms with Crippen LogP contribution in [-0.2, 0) is 18.6 Å². The van der Waals surface area contributed by atoms with Crippen LogP contribution in [0.15, 0.2) is 0 Å². The predicted molar refractivity (Wildman–Crippen MR) is 91.6 cm³/mol. The number of ether oxygens (including phenoxy) is 2. The second-order valence-corrected chi connectivity index (χ2v) is 14.9. The van der Waals surface area contributed by atoms with Gasteiger partial charge in [-0.25, -0.2) is 0 Å². The molecule has 1 atom stereocenters. The molecule has 0 aromatic carbocycles. The quantitative estimate of drug-likeness (QED) is 0.215. The summed E-state index contributed by atoms with van der Waals surface area (Å²) in [6, 6.07) is 0.908. The molecular formula is C14H34O6Si2. The van der Waals surface area contributed by atoms with E-state index in [4.69, 9.17) is 18.6 Å². The Morgan fingerprint density at radius 3 is 2.00 bits per heavy atom. The third-order valence-electron chi connectivity index (χ3n) is 2.91. The van der Waals surface area contributed by atoms with Crippen molar-refractivity contribution < 1.29 is 28.8 Å². The molecule has 134 valence electrons. The Hall–Kier alpha value is 0.194. The third kappa shape index (κ3) is 12.7. The molecule has 0 aliphatic rings. The van der Waals surface area contributed by atoms with E-state index in [9.17, 15) is 10.2 Å². The number of hydrogen-bond donors (Lipinski definition) is 2. The highest BCUT2D eigenvalue weighted by Crippen LogP contribution is 2.17. The van der Waals surface area contributed by atoms with E-state index in [2.05, 4.69) is 13.1 Å². The molecule has 0 bridgehead atoms. The highest BCUT2D eigenvalue weighted by molar-refractivity contribution is 6.73. The monoisotopic (exact) mass is 354 g/mol. The first kappa shape index (κ1) is 22.2. The van der Waals surface area contributed by atoms with Crippen LogP contribution in [0, 0.1) is 0 Å². The minimum atomic E-state index is -2.08. The van der Waals surface area contributed by atoms with Crippen molar-refractivity contribution >= 4 is 16.6 Å². The fourth-order valence-electron chi connectivity index (χ4n) is 1.52. The zero-order valence-electron chi connectivity index (χ0n) is 14.8. The van der Waals surface area contributed by atoms with E-state index < -0.39 is 22.7 Å². The van der Waals surface area contributed by atoms with Crippen molar-refractivity contribution in [1.29, 1.82) is 0 Å². The van der Waals surface area contributed by atoms with Crippen molar-refractivity contribution in [1.82, 2.24) is 0 Å². The van der Waals surface area contributed by atoms with Gasteiger partial charge in [-0.15, -0.1) is 0 Å². The van der Waals surface area contributed by atoms with Gasteiger partial charge in [-0.05, 0) is 45.1 Å². The smallest absolute Gasteiger partial charge is 0.256 e. The molecule has 0 spiro atoms. The standard InChI is InChI=1S/C14H34O6Si2/c1-6-8-17-11-14(16)12-18-9-7-10-21(2,3)19-20-22(4,5)13-15/h14-16H,6-13H2,1-5H3. The van der Waals surface area contributed by atoms with Crippen LogP contribution in [-0.4, -0.2) is 65.6 Å². The van der Waals surface area contributed by atoms with Gasteiger partial charge in [0.1, 0.15) is 6.10 Å². The summed E-state index contributed by atoms with van der Waals surface area (Å²) < 4.78 is 21.7. The lowest BCUT2D eigenvalue weighted by Gasteiger charge is -2.27. The van der Waals surface area contributed by atoms with Crippen molar-refractivity contribution in [3.8, 4) is 0 Å². The maximum Gasteiger partial charge on any atom is 0.256 e. The van der Waals surface area contributed by atoms with Gasteiger partial charge in [0.05, 0.1) is 19.4 Å². The van der Waals surface area contributed by atoms with Crippen LogP contribution in [0.3, 0.4) is 0 Å². The lowest BCUT2D eigenvalue weighted by molar-refractivity contribution is -0.128. The van der Waals surface area contributed by atoms with Crippen LogP contribution in [0.5, 0.6) is 0 Å². The average molecular weight is 355 g/mol. The Bertz CT molecular complexity index is 276. The molecule has 0 fully saturated rings. The normalized spacial score (nSPS) is 14.3. The maximum atomic E-state index is 9.63. The molecule has 0 saturated carbocycles. The molecule has 0 aliphatic heterocycles. The van der Waals surface area contributed by atoms with Crippen molar-refractivity contribution in [3.63, 3.8) is 0 Å². The predicted octanol–water partition coefficient (Wildman–Crippen LogP) is 2.07. The summed E-state index contributed by atoms with van der Waals surface area (Å²) in [5.74, 6) is 0. The lowest BCUT2D eigenvalue weighted by atomic mass is 10.4. The zero-order valence-corrected chi connectivity index (χ0v) is 16.8. The molecule has 0 aromatic heterocycles. The van der Waals surface area contributed by atoms with E-state index in [0.717, 1.165) is 18.9 Å². The number of rotatable bonds is 14. The molecule has 0 aromatic rings. The SMILES string of the molecule is CCCOCC(O)COCCC[Si](C)(C)OO[Si](C)(C)CO. The van der Waals surface area contributed by atoms with Gasteiger partial charge in [-0.1, -0.05) is 6.92 Å². The highest BCUT2D eigenvalue weighted by atomic mass is 28.4. The van der Waals surface area contributed by atoms with E-state index in [1.54, 1.807) is 0 Å². The Morgan fingerprint density at radius 2 is 1.45 bits per heavy atom. The van der Waals surface area contributed by atoms with E-state index in [-0.39, 0.29) is 6.23 Å². The topological polar surface area (TPSA) is 77.4 Å². The number of aliphatic hydroxyl groups excluding tert-OH is 2. The Kier molecular flexibility index (Phi) is 11.8. The maximum absolute atomic E-state index is 9.63. The summed E-state index contributed by atoms with van der Waals surface area (Å²) >= 11 is 0.